The fourth-order valence-electron chi connectivity index (χ4n) is 3.93. The van der Waals surface area contributed by atoms with Crippen LogP contribution in [0.5, 0.6) is 17.2 Å². The first-order valence-electron chi connectivity index (χ1n) is 9.80. The van der Waals surface area contributed by atoms with Crippen LogP contribution in [0.3, 0.4) is 0 Å². The lowest BCUT2D eigenvalue weighted by atomic mass is 9.81. The van der Waals surface area contributed by atoms with Gasteiger partial charge in [0.05, 0.1) is 6.61 Å². The SMILES string of the molecule is CN(C)S(=O)(=O)N1CC[C@H](c2ccc(F)cc2)[C@H](COc2ccc3c(c2)OCO3)C1. The molecule has 2 aliphatic heterocycles. The molecule has 2 atom stereocenters. The molecule has 0 aliphatic carbocycles. The van der Waals surface area contributed by atoms with E-state index in [-0.39, 0.29) is 24.4 Å². The fraction of sp³-hybridized carbons (Fsp3) is 0.429. The molecule has 0 aromatic heterocycles. The highest BCUT2D eigenvalue weighted by Gasteiger charge is 2.37. The van der Waals surface area contributed by atoms with Crippen LogP contribution >= 0.6 is 0 Å². The zero-order valence-corrected chi connectivity index (χ0v) is 17.8. The van der Waals surface area contributed by atoms with Crippen LogP contribution in [0.1, 0.15) is 17.9 Å². The maximum atomic E-state index is 13.4. The Morgan fingerprint density at radius 1 is 1.13 bits per heavy atom. The first-order valence-corrected chi connectivity index (χ1v) is 11.2. The van der Waals surface area contributed by atoms with E-state index in [2.05, 4.69) is 0 Å². The van der Waals surface area contributed by atoms with E-state index in [1.54, 1.807) is 30.3 Å². The summed E-state index contributed by atoms with van der Waals surface area (Å²) in [7, 11) is -0.467. The Morgan fingerprint density at radius 2 is 1.87 bits per heavy atom. The minimum absolute atomic E-state index is 0.0632. The van der Waals surface area contributed by atoms with Crippen LogP contribution in [0, 0.1) is 11.7 Å². The summed E-state index contributed by atoms with van der Waals surface area (Å²) in [6.07, 6.45) is 0.633. The molecule has 0 N–H and O–H groups in total. The monoisotopic (exact) mass is 436 g/mol. The Balaban J connectivity index is 1.54. The molecule has 0 unspecified atom stereocenters. The van der Waals surface area contributed by atoms with Gasteiger partial charge in [-0.15, -0.1) is 0 Å². The van der Waals surface area contributed by atoms with Crippen LogP contribution in [0.25, 0.3) is 0 Å². The lowest BCUT2D eigenvalue weighted by molar-refractivity contribution is 0.154. The number of nitrogens with zero attached hydrogens (tertiary/aromatic N) is 2. The number of ether oxygens (including phenoxy) is 3. The van der Waals surface area contributed by atoms with Gasteiger partial charge in [0.15, 0.2) is 11.5 Å². The van der Waals surface area contributed by atoms with E-state index in [0.29, 0.717) is 43.4 Å². The second-order valence-corrected chi connectivity index (χ2v) is 9.82. The summed E-state index contributed by atoms with van der Waals surface area (Å²) in [4.78, 5) is 0. The van der Waals surface area contributed by atoms with Crippen LogP contribution in [-0.4, -0.2) is 57.6 Å². The molecule has 4 rings (SSSR count). The van der Waals surface area contributed by atoms with Crippen LogP contribution in [0.2, 0.25) is 0 Å². The van der Waals surface area contributed by atoms with E-state index in [9.17, 15) is 12.8 Å². The number of hydrogen-bond acceptors (Lipinski definition) is 5. The molecule has 2 aromatic rings. The lowest BCUT2D eigenvalue weighted by Crippen LogP contribution is -2.48. The highest BCUT2D eigenvalue weighted by Crippen LogP contribution is 2.37. The summed E-state index contributed by atoms with van der Waals surface area (Å²) in [6, 6.07) is 11.8. The molecular weight excluding hydrogens is 411 g/mol. The highest BCUT2D eigenvalue weighted by molar-refractivity contribution is 7.86. The molecule has 0 bridgehead atoms. The molecule has 30 heavy (non-hydrogen) atoms. The van der Waals surface area contributed by atoms with Crippen LogP contribution < -0.4 is 14.2 Å². The van der Waals surface area contributed by atoms with Gasteiger partial charge < -0.3 is 14.2 Å². The van der Waals surface area contributed by atoms with Crippen LogP contribution in [0.4, 0.5) is 4.39 Å². The van der Waals surface area contributed by atoms with Gasteiger partial charge in [-0.1, -0.05) is 12.1 Å². The van der Waals surface area contributed by atoms with Gasteiger partial charge in [0.2, 0.25) is 6.79 Å². The molecule has 2 aromatic carbocycles. The Bertz CT molecular complexity index is 997. The zero-order chi connectivity index (χ0) is 21.3. The van der Waals surface area contributed by atoms with Crippen molar-refractivity contribution in [3.8, 4) is 17.2 Å². The summed E-state index contributed by atoms with van der Waals surface area (Å²) >= 11 is 0. The molecule has 2 aliphatic rings. The molecule has 7 nitrogen and oxygen atoms in total. The Kier molecular flexibility index (Phi) is 5.86. The third-order valence-corrected chi connectivity index (χ3v) is 7.50. The van der Waals surface area contributed by atoms with Gasteiger partial charge >= 0.3 is 0 Å². The topological polar surface area (TPSA) is 68.3 Å². The fourth-order valence-corrected chi connectivity index (χ4v) is 5.10. The summed E-state index contributed by atoms with van der Waals surface area (Å²) < 4.78 is 58.1. The highest BCUT2D eigenvalue weighted by atomic mass is 32.2. The van der Waals surface area contributed by atoms with E-state index >= 15 is 0 Å². The van der Waals surface area contributed by atoms with Gasteiger partial charge in [-0.3, -0.25) is 0 Å². The summed E-state index contributed by atoms with van der Waals surface area (Å²) in [5, 5.41) is 0. The van der Waals surface area contributed by atoms with Crippen LogP contribution in [-0.2, 0) is 10.2 Å². The average molecular weight is 437 g/mol. The number of hydrogen-bond donors (Lipinski definition) is 0. The van der Waals surface area contributed by atoms with E-state index in [1.807, 2.05) is 0 Å². The standard InChI is InChI=1S/C21H25FN2O5S/c1-23(2)30(25,26)24-10-9-19(15-3-5-17(22)6-4-15)16(12-24)13-27-18-7-8-20-21(11-18)29-14-28-20/h3-8,11,16,19H,9-10,12-14H2,1-2H3/t16-,19+/m0/s1. The lowest BCUT2D eigenvalue weighted by Gasteiger charge is -2.38. The molecule has 1 fully saturated rings. The van der Waals surface area contributed by atoms with Gasteiger partial charge in [0.25, 0.3) is 10.2 Å². The summed E-state index contributed by atoms with van der Waals surface area (Å²) in [5.74, 6) is 1.61. The van der Waals surface area contributed by atoms with Crippen molar-refractivity contribution in [1.82, 2.24) is 8.61 Å². The summed E-state index contributed by atoms with van der Waals surface area (Å²) in [6.45, 7) is 1.24. The molecule has 9 heteroatoms. The largest absolute Gasteiger partial charge is 0.493 e. The number of rotatable bonds is 6. The Morgan fingerprint density at radius 3 is 2.60 bits per heavy atom. The molecule has 1 saturated heterocycles. The third kappa shape index (κ3) is 4.23. The quantitative estimate of drug-likeness (QED) is 0.697. The van der Waals surface area contributed by atoms with Crippen molar-refractivity contribution in [1.29, 1.82) is 0 Å². The van der Waals surface area contributed by atoms with Crippen molar-refractivity contribution in [2.75, 3.05) is 40.6 Å². The minimum atomic E-state index is -3.52. The number of benzene rings is 2. The molecule has 162 valence electrons. The van der Waals surface area contributed by atoms with Crippen molar-refractivity contribution < 1.29 is 27.0 Å². The molecule has 2 heterocycles. The maximum absolute atomic E-state index is 13.4. The smallest absolute Gasteiger partial charge is 0.281 e. The van der Waals surface area contributed by atoms with E-state index < -0.39 is 10.2 Å². The third-order valence-electron chi connectivity index (χ3n) is 5.59. The van der Waals surface area contributed by atoms with Crippen molar-refractivity contribution in [2.45, 2.75) is 12.3 Å². The second kappa shape index (κ2) is 8.41. The number of fused-ring (bicyclic) bond motifs is 1. The molecule has 0 spiro atoms. The Hall–Kier alpha value is -2.36. The van der Waals surface area contributed by atoms with E-state index in [4.69, 9.17) is 14.2 Å². The molecule has 0 saturated carbocycles. The van der Waals surface area contributed by atoms with Gasteiger partial charge in [-0.25, -0.2) is 4.39 Å². The molecular formula is C21H25FN2O5S. The first-order chi connectivity index (χ1) is 14.3. The van der Waals surface area contributed by atoms with Crippen molar-refractivity contribution >= 4 is 10.2 Å². The maximum Gasteiger partial charge on any atom is 0.281 e. The predicted octanol–water partition coefficient (Wildman–Crippen LogP) is 2.85. The number of piperidine rings is 1. The van der Waals surface area contributed by atoms with Gasteiger partial charge in [0.1, 0.15) is 11.6 Å². The second-order valence-electron chi connectivity index (χ2n) is 7.68. The van der Waals surface area contributed by atoms with Crippen LogP contribution in [0.15, 0.2) is 42.5 Å². The van der Waals surface area contributed by atoms with Gasteiger partial charge in [0, 0.05) is 39.2 Å². The number of halogens is 1. The summed E-state index contributed by atoms with van der Waals surface area (Å²) in [5.41, 5.74) is 0.984. The average Bonchev–Trinajstić information content (AvgIpc) is 3.20. The predicted molar refractivity (Wildman–Crippen MR) is 109 cm³/mol. The van der Waals surface area contributed by atoms with E-state index in [1.165, 1.54) is 34.8 Å². The van der Waals surface area contributed by atoms with Crippen molar-refractivity contribution in [3.63, 3.8) is 0 Å². The Labute approximate surface area is 176 Å². The van der Waals surface area contributed by atoms with E-state index in [0.717, 1.165) is 5.56 Å². The van der Waals surface area contributed by atoms with Crippen molar-refractivity contribution in [2.24, 2.45) is 5.92 Å². The zero-order valence-electron chi connectivity index (χ0n) is 17.0. The molecule has 0 radical (unpaired) electrons. The first kappa shape index (κ1) is 20.9. The van der Waals surface area contributed by atoms with Gasteiger partial charge in [-0.2, -0.15) is 17.0 Å². The molecule has 0 amide bonds. The van der Waals surface area contributed by atoms with Crippen molar-refractivity contribution in [3.05, 3.63) is 53.8 Å². The van der Waals surface area contributed by atoms with Gasteiger partial charge in [-0.05, 0) is 42.2 Å². The normalized spacial score (nSPS) is 21.7. The minimum Gasteiger partial charge on any atom is -0.493 e.